The van der Waals surface area contributed by atoms with Gasteiger partial charge in [0.05, 0.1) is 11.2 Å². The zero-order valence-electron chi connectivity index (χ0n) is 11.4. The second-order valence-corrected chi connectivity index (χ2v) is 5.41. The van der Waals surface area contributed by atoms with Gasteiger partial charge in [-0.1, -0.05) is 30.0 Å². The molecule has 2 N–H and O–H groups in total. The van der Waals surface area contributed by atoms with Gasteiger partial charge in [0, 0.05) is 24.7 Å². The van der Waals surface area contributed by atoms with Crippen LogP contribution in [0.5, 0.6) is 0 Å². The molecule has 1 aromatic carbocycles. The molecule has 0 fully saturated rings. The largest absolute Gasteiger partial charge is 0.368 e. The van der Waals surface area contributed by atoms with Crippen LogP contribution < -0.4 is 5.73 Å². The summed E-state index contributed by atoms with van der Waals surface area (Å²) >= 11 is 1.59. The van der Waals surface area contributed by atoms with E-state index in [0.717, 1.165) is 23.1 Å². The summed E-state index contributed by atoms with van der Waals surface area (Å²) in [5, 5.41) is 14.6. The van der Waals surface area contributed by atoms with Gasteiger partial charge in [0.1, 0.15) is 0 Å². The Morgan fingerprint density at radius 2 is 2.05 bits per heavy atom. The third-order valence-electron chi connectivity index (χ3n) is 3.24. The molecule has 2 heterocycles. The maximum atomic E-state index is 5.68. The fourth-order valence-electron chi connectivity index (χ4n) is 2.13. The second kappa shape index (κ2) is 5.16. The first kappa shape index (κ1) is 13.0. The summed E-state index contributed by atoms with van der Waals surface area (Å²) in [5.74, 6) is 1.18. The zero-order chi connectivity index (χ0) is 14.1. The molecule has 0 amide bonds. The van der Waals surface area contributed by atoms with Crippen LogP contribution in [0, 0.1) is 0 Å². The second-order valence-electron chi connectivity index (χ2n) is 4.47. The van der Waals surface area contributed by atoms with E-state index in [2.05, 4.69) is 34.4 Å². The van der Waals surface area contributed by atoms with E-state index in [1.807, 2.05) is 23.9 Å². The standard InChI is InChI=1S/C13H16N6S/c1-3-19-11-7-5-4-6-9(11)10(17-19)8-20-13-16-15-12(14)18(13)2/h4-7H,3,8H2,1-2H3,(H2,14,15). The Morgan fingerprint density at radius 3 is 2.75 bits per heavy atom. The Balaban J connectivity index is 1.89. The molecule has 2 aromatic heterocycles. The number of nitrogens with zero attached hydrogens (tertiary/aromatic N) is 5. The molecule has 104 valence electrons. The molecule has 3 rings (SSSR count). The summed E-state index contributed by atoms with van der Waals surface area (Å²) in [6, 6.07) is 8.28. The van der Waals surface area contributed by atoms with Gasteiger partial charge >= 0.3 is 0 Å². The highest BCUT2D eigenvalue weighted by atomic mass is 32.2. The van der Waals surface area contributed by atoms with E-state index >= 15 is 0 Å². The van der Waals surface area contributed by atoms with E-state index in [9.17, 15) is 0 Å². The number of hydrogen-bond acceptors (Lipinski definition) is 5. The minimum absolute atomic E-state index is 0.427. The molecule has 0 saturated carbocycles. The van der Waals surface area contributed by atoms with E-state index in [4.69, 9.17) is 5.73 Å². The molecule has 0 aliphatic rings. The molecular weight excluding hydrogens is 272 g/mol. The van der Waals surface area contributed by atoms with Crippen molar-refractivity contribution in [2.24, 2.45) is 7.05 Å². The maximum Gasteiger partial charge on any atom is 0.222 e. The molecule has 7 heteroatoms. The average molecular weight is 288 g/mol. The van der Waals surface area contributed by atoms with Crippen LogP contribution in [0.3, 0.4) is 0 Å². The van der Waals surface area contributed by atoms with Crippen LogP contribution in [-0.4, -0.2) is 24.5 Å². The van der Waals surface area contributed by atoms with Crippen LogP contribution in [0.2, 0.25) is 0 Å². The lowest BCUT2D eigenvalue weighted by Crippen LogP contribution is -1.98. The smallest absolute Gasteiger partial charge is 0.222 e. The molecule has 0 saturated heterocycles. The number of nitrogen functional groups attached to an aromatic ring is 1. The van der Waals surface area contributed by atoms with Crippen LogP contribution in [0.15, 0.2) is 29.4 Å². The van der Waals surface area contributed by atoms with Crippen LogP contribution >= 0.6 is 11.8 Å². The van der Waals surface area contributed by atoms with Crippen LogP contribution in [0.25, 0.3) is 10.9 Å². The van der Waals surface area contributed by atoms with Crippen molar-refractivity contribution < 1.29 is 0 Å². The number of rotatable bonds is 4. The SMILES string of the molecule is CCn1nc(CSc2nnc(N)n2C)c2ccccc21. The van der Waals surface area contributed by atoms with Gasteiger partial charge in [-0.2, -0.15) is 5.10 Å². The van der Waals surface area contributed by atoms with Crippen molar-refractivity contribution in [1.29, 1.82) is 0 Å². The molecule has 0 aliphatic heterocycles. The fraction of sp³-hybridized carbons (Fsp3) is 0.308. The Kier molecular flexibility index (Phi) is 3.35. The molecule has 20 heavy (non-hydrogen) atoms. The summed E-state index contributed by atoms with van der Waals surface area (Å²) in [6.07, 6.45) is 0. The Labute approximate surface area is 121 Å². The Morgan fingerprint density at radius 1 is 1.25 bits per heavy atom. The first-order chi connectivity index (χ1) is 9.70. The highest BCUT2D eigenvalue weighted by molar-refractivity contribution is 7.98. The number of aromatic nitrogens is 5. The predicted octanol–water partition coefficient (Wildman–Crippen LogP) is 2.06. The van der Waals surface area contributed by atoms with E-state index in [-0.39, 0.29) is 0 Å². The van der Waals surface area contributed by atoms with Gasteiger partial charge in [0.15, 0.2) is 5.16 Å². The number of fused-ring (bicyclic) bond motifs is 1. The van der Waals surface area contributed by atoms with E-state index in [0.29, 0.717) is 5.95 Å². The van der Waals surface area contributed by atoms with Crippen LogP contribution in [-0.2, 0) is 19.3 Å². The summed E-state index contributed by atoms with van der Waals surface area (Å²) in [4.78, 5) is 0. The summed E-state index contributed by atoms with van der Waals surface area (Å²) < 4.78 is 3.81. The van der Waals surface area contributed by atoms with Gasteiger partial charge < -0.3 is 5.73 Å². The van der Waals surface area contributed by atoms with E-state index in [1.165, 1.54) is 10.9 Å². The first-order valence-electron chi connectivity index (χ1n) is 6.42. The van der Waals surface area contributed by atoms with Crippen LogP contribution in [0.4, 0.5) is 5.95 Å². The molecule has 0 unspecified atom stereocenters. The average Bonchev–Trinajstić information content (AvgIpc) is 2.99. The van der Waals surface area contributed by atoms with Crippen molar-refractivity contribution in [2.75, 3.05) is 5.73 Å². The molecular formula is C13H16N6S. The molecule has 6 nitrogen and oxygen atoms in total. The summed E-state index contributed by atoms with van der Waals surface area (Å²) in [6.45, 7) is 2.96. The zero-order valence-corrected chi connectivity index (χ0v) is 12.3. The number of anilines is 1. The Hall–Kier alpha value is -2.02. The van der Waals surface area contributed by atoms with Gasteiger partial charge in [-0.05, 0) is 13.0 Å². The van der Waals surface area contributed by atoms with Crippen LogP contribution in [0.1, 0.15) is 12.6 Å². The number of para-hydroxylation sites is 1. The lowest BCUT2D eigenvalue weighted by molar-refractivity contribution is 0.675. The molecule has 0 spiro atoms. The van der Waals surface area contributed by atoms with Crippen molar-refractivity contribution in [3.05, 3.63) is 30.0 Å². The normalized spacial score (nSPS) is 11.3. The highest BCUT2D eigenvalue weighted by Gasteiger charge is 2.12. The number of nitrogens with two attached hydrogens (primary N) is 1. The molecule has 0 bridgehead atoms. The topological polar surface area (TPSA) is 74.6 Å². The van der Waals surface area contributed by atoms with E-state index in [1.54, 1.807) is 16.3 Å². The molecule has 0 radical (unpaired) electrons. The molecule has 0 atom stereocenters. The van der Waals surface area contributed by atoms with Gasteiger partial charge in [-0.3, -0.25) is 9.25 Å². The van der Waals surface area contributed by atoms with Gasteiger partial charge in [0.2, 0.25) is 5.95 Å². The monoisotopic (exact) mass is 288 g/mol. The highest BCUT2D eigenvalue weighted by Crippen LogP contribution is 2.26. The van der Waals surface area contributed by atoms with Gasteiger partial charge in [0.25, 0.3) is 0 Å². The molecule has 3 aromatic rings. The van der Waals surface area contributed by atoms with Gasteiger partial charge in [-0.15, -0.1) is 10.2 Å². The third-order valence-corrected chi connectivity index (χ3v) is 4.27. The number of benzene rings is 1. The summed E-state index contributed by atoms with van der Waals surface area (Å²) in [5.41, 5.74) is 7.92. The van der Waals surface area contributed by atoms with E-state index < -0.39 is 0 Å². The first-order valence-corrected chi connectivity index (χ1v) is 7.41. The fourth-order valence-corrected chi connectivity index (χ4v) is 2.99. The molecule has 0 aliphatic carbocycles. The maximum absolute atomic E-state index is 5.68. The van der Waals surface area contributed by atoms with Crippen molar-refractivity contribution in [3.63, 3.8) is 0 Å². The quantitative estimate of drug-likeness (QED) is 0.744. The van der Waals surface area contributed by atoms with Gasteiger partial charge in [-0.25, -0.2) is 0 Å². The number of thioether (sulfide) groups is 1. The summed E-state index contributed by atoms with van der Waals surface area (Å²) in [7, 11) is 1.86. The lowest BCUT2D eigenvalue weighted by atomic mass is 10.2. The third kappa shape index (κ3) is 2.14. The number of hydrogen-bond donors (Lipinski definition) is 1. The van der Waals surface area contributed by atoms with Crippen molar-refractivity contribution >= 4 is 28.6 Å². The minimum Gasteiger partial charge on any atom is -0.368 e. The predicted molar refractivity (Wildman–Crippen MR) is 80.4 cm³/mol. The minimum atomic E-state index is 0.427. The van der Waals surface area contributed by atoms with Crippen molar-refractivity contribution in [2.45, 2.75) is 24.4 Å². The lowest BCUT2D eigenvalue weighted by Gasteiger charge is -1.99. The number of aryl methyl sites for hydroxylation is 1. The van der Waals surface area contributed by atoms with Crippen molar-refractivity contribution in [1.82, 2.24) is 24.5 Å². The Bertz CT molecular complexity index is 744. The van der Waals surface area contributed by atoms with Crippen molar-refractivity contribution in [3.8, 4) is 0 Å².